The highest BCUT2D eigenvalue weighted by atomic mass is 79.9. The molecule has 1 saturated heterocycles. The van der Waals surface area contributed by atoms with Gasteiger partial charge in [0.2, 0.25) is 5.91 Å². The summed E-state index contributed by atoms with van der Waals surface area (Å²) in [6.45, 7) is 1.19. The minimum atomic E-state index is -0.493. The lowest BCUT2D eigenvalue weighted by atomic mass is 10.2. The Morgan fingerprint density at radius 2 is 1.97 bits per heavy atom. The summed E-state index contributed by atoms with van der Waals surface area (Å²) in [6.07, 6.45) is 1.99. The minimum Gasteiger partial charge on any atom is -0.376 e. The predicted molar refractivity (Wildman–Crippen MR) is 126 cm³/mol. The summed E-state index contributed by atoms with van der Waals surface area (Å²) in [7, 11) is 2.97. The van der Waals surface area contributed by atoms with E-state index in [0.717, 1.165) is 45.8 Å². The quantitative estimate of drug-likeness (QED) is 0.391. The molecule has 1 aliphatic heterocycles. The molecule has 1 atom stereocenters. The first-order valence-electron chi connectivity index (χ1n) is 10.1. The largest absolute Gasteiger partial charge is 0.376 e. The summed E-state index contributed by atoms with van der Waals surface area (Å²) in [5, 5.41) is 3.44. The molecule has 0 saturated carbocycles. The summed E-state index contributed by atoms with van der Waals surface area (Å²) in [5.74, 6) is 0.268. The Balaban J connectivity index is 1.70. The van der Waals surface area contributed by atoms with Crippen LogP contribution >= 0.6 is 27.7 Å². The highest BCUT2D eigenvalue weighted by Gasteiger charge is 2.20. The summed E-state index contributed by atoms with van der Waals surface area (Å²) in [4.78, 5) is 46.8. The van der Waals surface area contributed by atoms with Gasteiger partial charge in [0, 0.05) is 37.3 Å². The molecule has 2 aromatic heterocycles. The molecule has 0 radical (unpaired) electrons. The van der Waals surface area contributed by atoms with E-state index in [1.807, 2.05) is 24.3 Å². The Labute approximate surface area is 196 Å². The number of carbonyl (C=O) groups is 1. The minimum absolute atomic E-state index is 0.0506. The first-order chi connectivity index (χ1) is 15.3. The Morgan fingerprint density at radius 1 is 1.22 bits per heavy atom. The fourth-order valence-electron chi connectivity index (χ4n) is 3.48. The molecule has 0 spiro atoms. The van der Waals surface area contributed by atoms with Gasteiger partial charge in [-0.1, -0.05) is 39.8 Å². The van der Waals surface area contributed by atoms with Gasteiger partial charge >= 0.3 is 5.69 Å². The van der Waals surface area contributed by atoms with Crippen LogP contribution in [0.15, 0.2) is 43.4 Å². The van der Waals surface area contributed by atoms with Crippen LogP contribution in [-0.4, -0.2) is 50.0 Å². The number of carbonyl (C=O) groups excluding carboxylic acids is 1. The average Bonchev–Trinajstić information content (AvgIpc) is 3.32. The van der Waals surface area contributed by atoms with Crippen molar-refractivity contribution < 1.29 is 9.53 Å². The van der Waals surface area contributed by atoms with Gasteiger partial charge in [0.05, 0.1) is 11.9 Å². The second-order valence-corrected chi connectivity index (χ2v) is 9.37. The fourth-order valence-corrected chi connectivity index (χ4v) is 4.59. The molecule has 1 amide bonds. The van der Waals surface area contributed by atoms with E-state index in [2.05, 4.69) is 31.2 Å². The van der Waals surface area contributed by atoms with Crippen LogP contribution in [0.2, 0.25) is 0 Å². The van der Waals surface area contributed by atoms with Crippen molar-refractivity contribution in [3.05, 3.63) is 49.6 Å². The van der Waals surface area contributed by atoms with E-state index in [-0.39, 0.29) is 28.8 Å². The maximum absolute atomic E-state index is 12.9. The van der Waals surface area contributed by atoms with Gasteiger partial charge in [-0.2, -0.15) is 0 Å². The third-order valence-corrected chi connectivity index (χ3v) is 6.76. The number of rotatable bonds is 6. The second kappa shape index (κ2) is 9.55. The molecule has 0 bridgehead atoms. The maximum Gasteiger partial charge on any atom is 0.332 e. The molecule has 11 heteroatoms. The molecule has 3 aromatic rings. The summed E-state index contributed by atoms with van der Waals surface area (Å²) < 4.78 is 8.77. The van der Waals surface area contributed by atoms with Crippen LogP contribution in [0.5, 0.6) is 0 Å². The first-order valence-corrected chi connectivity index (χ1v) is 11.9. The molecule has 1 aromatic carbocycles. The van der Waals surface area contributed by atoms with Crippen LogP contribution < -0.4 is 16.6 Å². The molecule has 1 N–H and O–H groups in total. The monoisotopic (exact) mass is 519 g/mol. The molecule has 32 heavy (non-hydrogen) atoms. The topological polar surface area (TPSA) is 108 Å². The van der Waals surface area contributed by atoms with E-state index >= 15 is 0 Å². The number of aryl methyl sites for hydroxylation is 1. The number of ether oxygens (including phenoxy) is 1. The van der Waals surface area contributed by atoms with E-state index in [1.165, 1.54) is 11.6 Å². The molecule has 168 valence electrons. The molecule has 4 rings (SSSR count). The average molecular weight is 520 g/mol. The fraction of sp³-hybridized carbons (Fsp3) is 0.381. The lowest BCUT2D eigenvalue weighted by molar-refractivity contribution is -0.119. The molecular formula is C21H22BrN5O4S. The van der Waals surface area contributed by atoms with E-state index in [9.17, 15) is 14.4 Å². The zero-order chi connectivity index (χ0) is 22.8. The Morgan fingerprint density at radius 3 is 2.66 bits per heavy atom. The molecular weight excluding hydrogens is 498 g/mol. The number of fused-ring (bicyclic) bond motifs is 1. The number of halogens is 1. The number of aromatic nitrogens is 4. The van der Waals surface area contributed by atoms with Crippen molar-refractivity contribution in [1.29, 1.82) is 0 Å². The number of amides is 1. The van der Waals surface area contributed by atoms with Crippen LogP contribution in [-0.2, 0) is 23.6 Å². The lowest BCUT2D eigenvalue weighted by Gasteiger charge is -2.13. The molecule has 1 fully saturated rings. The van der Waals surface area contributed by atoms with Crippen LogP contribution in [0.3, 0.4) is 0 Å². The highest BCUT2D eigenvalue weighted by molar-refractivity contribution is 9.10. The maximum atomic E-state index is 12.9. The van der Waals surface area contributed by atoms with Gasteiger partial charge in [-0.3, -0.25) is 18.7 Å². The number of benzene rings is 1. The second-order valence-electron chi connectivity index (χ2n) is 7.49. The van der Waals surface area contributed by atoms with Crippen molar-refractivity contribution in [2.45, 2.75) is 24.0 Å². The van der Waals surface area contributed by atoms with E-state index in [4.69, 9.17) is 4.74 Å². The number of nitrogens with zero attached hydrogens (tertiary/aromatic N) is 4. The first kappa shape index (κ1) is 22.7. The number of hydrogen-bond acceptors (Lipinski definition) is 7. The van der Waals surface area contributed by atoms with Crippen molar-refractivity contribution in [2.24, 2.45) is 14.1 Å². The third kappa shape index (κ3) is 4.64. The summed E-state index contributed by atoms with van der Waals surface area (Å²) in [5.41, 5.74) is -0.0119. The van der Waals surface area contributed by atoms with Crippen LogP contribution in [0.1, 0.15) is 12.8 Å². The van der Waals surface area contributed by atoms with Crippen molar-refractivity contribution in [3.8, 4) is 11.4 Å². The highest BCUT2D eigenvalue weighted by Crippen LogP contribution is 2.26. The molecule has 0 aliphatic carbocycles. The van der Waals surface area contributed by atoms with Gasteiger partial charge < -0.3 is 10.1 Å². The van der Waals surface area contributed by atoms with Crippen molar-refractivity contribution in [3.63, 3.8) is 0 Å². The van der Waals surface area contributed by atoms with Crippen LogP contribution in [0, 0.1) is 0 Å². The van der Waals surface area contributed by atoms with Gasteiger partial charge in [0.1, 0.15) is 10.4 Å². The Kier molecular flexibility index (Phi) is 6.77. The van der Waals surface area contributed by atoms with Crippen molar-refractivity contribution in [2.75, 3.05) is 18.9 Å². The molecule has 3 heterocycles. The molecule has 1 aliphatic rings. The van der Waals surface area contributed by atoms with Gasteiger partial charge in [0.15, 0.2) is 11.5 Å². The predicted octanol–water partition coefficient (Wildman–Crippen LogP) is 1.84. The number of nitrogens with one attached hydrogen (secondary N) is 1. The summed E-state index contributed by atoms with van der Waals surface area (Å²) in [6, 6.07) is 7.40. The summed E-state index contributed by atoms with van der Waals surface area (Å²) >= 11 is 4.55. The van der Waals surface area contributed by atoms with Crippen molar-refractivity contribution in [1.82, 2.24) is 24.4 Å². The van der Waals surface area contributed by atoms with Gasteiger partial charge in [-0.15, -0.1) is 0 Å². The van der Waals surface area contributed by atoms with Crippen LogP contribution in [0.25, 0.3) is 22.4 Å². The molecule has 9 nitrogen and oxygen atoms in total. The Hall–Kier alpha value is -2.50. The van der Waals surface area contributed by atoms with E-state index in [0.29, 0.717) is 17.4 Å². The molecule has 1 unspecified atom stereocenters. The van der Waals surface area contributed by atoms with E-state index in [1.54, 1.807) is 7.05 Å². The van der Waals surface area contributed by atoms with E-state index < -0.39 is 11.2 Å². The SMILES string of the molecule is Cn1c(=O)c2c(SCC(=O)NCC3CCCO3)nc(-c3ccc(Br)cc3)nc2n(C)c1=O. The lowest BCUT2D eigenvalue weighted by Crippen LogP contribution is -2.38. The Bertz CT molecular complexity index is 1280. The third-order valence-electron chi connectivity index (χ3n) is 5.26. The number of thioether (sulfide) groups is 1. The standard InChI is InChI=1S/C21H22BrN5O4S/c1-26-18-16(20(29)27(2)21(26)30)19(25-17(24-18)12-5-7-13(22)8-6-12)32-11-15(28)23-10-14-4-3-9-31-14/h5-8,14H,3-4,9-11H2,1-2H3,(H,23,28). The zero-order valence-electron chi connectivity index (χ0n) is 17.6. The van der Waals surface area contributed by atoms with Gasteiger partial charge in [0.25, 0.3) is 5.56 Å². The van der Waals surface area contributed by atoms with Crippen LogP contribution in [0.4, 0.5) is 0 Å². The van der Waals surface area contributed by atoms with Gasteiger partial charge in [-0.25, -0.2) is 14.8 Å². The normalized spacial score (nSPS) is 15.9. The smallest absolute Gasteiger partial charge is 0.332 e. The van der Waals surface area contributed by atoms with Gasteiger partial charge in [-0.05, 0) is 25.0 Å². The zero-order valence-corrected chi connectivity index (χ0v) is 20.0. The number of hydrogen-bond donors (Lipinski definition) is 1. The van der Waals surface area contributed by atoms with Crippen molar-refractivity contribution >= 4 is 44.6 Å².